The topological polar surface area (TPSA) is 96.5 Å². The summed E-state index contributed by atoms with van der Waals surface area (Å²) < 4.78 is 1.67. The predicted molar refractivity (Wildman–Crippen MR) is 96.9 cm³/mol. The van der Waals surface area contributed by atoms with Crippen LogP contribution in [-0.2, 0) is 11.8 Å². The Balaban J connectivity index is 1.68. The summed E-state index contributed by atoms with van der Waals surface area (Å²) in [5.41, 5.74) is 1.51. The molecule has 0 saturated carbocycles. The molecule has 1 aliphatic heterocycles. The van der Waals surface area contributed by atoms with Crippen LogP contribution < -0.4 is 10.2 Å². The molecule has 1 fully saturated rings. The number of nitrogens with one attached hydrogen (secondary N) is 1. The van der Waals surface area contributed by atoms with Crippen molar-refractivity contribution in [2.45, 2.75) is 6.04 Å². The summed E-state index contributed by atoms with van der Waals surface area (Å²) in [4.78, 5) is 27.5. The minimum absolute atomic E-state index is 0.0114. The predicted octanol–water partition coefficient (Wildman–Crippen LogP) is 0.938. The van der Waals surface area contributed by atoms with Crippen LogP contribution in [0.5, 0.6) is 0 Å². The van der Waals surface area contributed by atoms with Gasteiger partial charge in [0.25, 0.3) is 5.69 Å². The Bertz CT molecular complexity index is 797. The van der Waals surface area contributed by atoms with E-state index >= 15 is 0 Å². The number of hydrogen-bond acceptors (Lipinski definition) is 6. The number of anilines is 1. The third-order valence-electron chi connectivity index (χ3n) is 4.60. The molecular formula is C17H22N6O3. The second kappa shape index (κ2) is 7.52. The number of aryl methyl sites for hydroxylation is 1. The van der Waals surface area contributed by atoms with Gasteiger partial charge in [0.15, 0.2) is 0 Å². The number of rotatable bonds is 5. The lowest BCUT2D eigenvalue weighted by molar-refractivity contribution is -0.384. The molecule has 0 radical (unpaired) electrons. The number of para-hydroxylation sites is 2. The lowest BCUT2D eigenvalue weighted by Crippen LogP contribution is -2.51. The molecule has 1 aromatic heterocycles. The molecule has 2 aromatic rings. The zero-order valence-electron chi connectivity index (χ0n) is 14.8. The second-order valence-corrected chi connectivity index (χ2v) is 6.23. The molecule has 1 saturated heterocycles. The van der Waals surface area contributed by atoms with Gasteiger partial charge in [0.1, 0.15) is 11.7 Å². The van der Waals surface area contributed by atoms with Crippen molar-refractivity contribution in [2.24, 2.45) is 7.05 Å². The van der Waals surface area contributed by atoms with Crippen molar-refractivity contribution < 1.29 is 9.72 Å². The van der Waals surface area contributed by atoms with Crippen molar-refractivity contribution in [1.29, 1.82) is 0 Å². The zero-order chi connectivity index (χ0) is 18.7. The van der Waals surface area contributed by atoms with Gasteiger partial charge in [0.2, 0.25) is 5.91 Å². The smallest absolute Gasteiger partial charge is 0.292 e. The molecule has 1 unspecified atom stereocenters. The number of carbonyl (C=O) groups is 1. The first-order valence-electron chi connectivity index (χ1n) is 8.44. The maximum absolute atomic E-state index is 12.9. The van der Waals surface area contributed by atoms with Crippen molar-refractivity contribution in [3.05, 3.63) is 52.3 Å². The van der Waals surface area contributed by atoms with Gasteiger partial charge in [-0.25, -0.2) is 0 Å². The summed E-state index contributed by atoms with van der Waals surface area (Å²) in [6, 6.07) is 6.27. The van der Waals surface area contributed by atoms with Crippen molar-refractivity contribution in [3.63, 3.8) is 0 Å². The first-order chi connectivity index (χ1) is 12.5. The molecule has 3 rings (SSSR count). The number of hydrogen-bond donors (Lipinski definition) is 1. The molecule has 1 amide bonds. The minimum atomic E-state index is -0.443. The third kappa shape index (κ3) is 3.52. The largest absolute Gasteiger partial charge is 0.362 e. The van der Waals surface area contributed by atoms with Crippen LogP contribution >= 0.6 is 0 Å². The van der Waals surface area contributed by atoms with E-state index in [0.29, 0.717) is 31.9 Å². The maximum Gasteiger partial charge on any atom is 0.292 e. The van der Waals surface area contributed by atoms with Gasteiger partial charge in [-0.2, -0.15) is 5.10 Å². The Morgan fingerprint density at radius 1 is 1.27 bits per heavy atom. The monoisotopic (exact) mass is 358 g/mol. The number of amides is 1. The normalized spacial score (nSPS) is 15.8. The van der Waals surface area contributed by atoms with Crippen molar-refractivity contribution in [2.75, 3.05) is 38.1 Å². The SMILES string of the molecule is CNC(C(=O)N1CCN(c2ccccc2[N+](=O)[O-])CC1)c1cnn(C)c1. The summed E-state index contributed by atoms with van der Waals surface area (Å²) in [6.45, 7) is 2.15. The van der Waals surface area contributed by atoms with Crippen LogP contribution in [0.25, 0.3) is 0 Å². The number of likely N-dealkylation sites (N-methyl/N-ethyl adjacent to an activating group) is 1. The van der Waals surface area contributed by atoms with Gasteiger partial charge >= 0.3 is 0 Å². The van der Waals surface area contributed by atoms with E-state index in [2.05, 4.69) is 10.4 Å². The number of carbonyl (C=O) groups excluding carboxylic acids is 1. The van der Waals surface area contributed by atoms with Crippen LogP contribution in [0.2, 0.25) is 0 Å². The standard InChI is InChI=1S/C17H22N6O3/c1-18-16(13-11-19-20(2)12-13)17(24)22-9-7-21(8-10-22)14-5-3-4-6-15(14)23(25)26/h3-6,11-12,16,18H,7-10H2,1-2H3. The summed E-state index contributed by atoms with van der Waals surface area (Å²) in [7, 11) is 3.56. The fraction of sp³-hybridized carbons (Fsp3) is 0.412. The van der Waals surface area contributed by atoms with E-state index in [1.54, 1.807) is 41.0 Å². The highest BCUT2D eigenvalue weighted by Crippen LogP contribution is 2.28. The van der Waals surface area contributed by atoms with E-state index in [-0.39, 0.29) is 16.5 Å². The Hall–Kier alpha value is -2.94. The molecule has 1 N–H and O–H groups in total. The summed E-state index contributed by atoms with van der Waals surface area (Å²) in [5, 5.41) is 18.4. The summed E-state index contributed by atoms with van der Waals surface area (Å²) in [5.74, 6) is -0.0114. The number of nitro benzene ring substituents is 1. The molecule has 0 aliphatic carbocycles. The van der Waals surface area contributed by atoms with Gasteiger partial charge in [0, 0.05) is 51.1 Å². The van der Waals surface area contributed by atoms with Gasteiger partial charge in [-0.05, 0) is 13.1 Å². The molecule has 138 valence electrons. The van der Waals surface area contributed by atoms with E-state index in [0.717, 1.165) is 5.56 Å². The number of nitrogens with zero attached hydrogens (tertiary/aromatic N) is 5. The third-order valence-corrected chi connectivity index (χ3v) is 4.60. The molecule has 1 aromatic carbocycles. The van der Waals surface area contributed by atoms with Crippen LogP contribution in [0, 0.1) is 10.1 Å². The quantitative estimate of drug-likeness (QED) is 0.631. The average Bonchev–Trinajstić information content (AvgIpc) is 3.08. The van der Waals surface area contributed by atoms with E-state index in [1.807, 2.05) is 18.1 Å². The summed E-state index contributed by atoms with van der Waals surface area (Å²) in [6.07, 6.45) is 3.51. The number of nitro groups is 1. The lowest BCUT2D eigenvalue weighted by atomic mass is 10.1. The van der Waals surface area contributed by atoms with E-state index in [4.69, 9.17) is 0 Å². The van der Waals surface area contributed by atoms with Crippen LogP contribution in [0.4, 0.5) is 11.4 Å². The second-order valence-electron chi connectivity index (χ2n) is 6.23. The highest BCUT2D eigenvalue weighted by atomic mass is 16.6. The average molecular weight is 358 g/mol. The van der Waals surface area contributed by atoms with Gasteiger partial charge in [-0.3, -0.25) is 19.6 Å². The Labute approximate surface area is 151 Å². The Kier molecular flexibility index (Phi) is 5.17. The molecule has 0 bridgehead atoms. The summed E-state index contributed by atoms with van der Waals surface area (Å²) >= 11 is 0. The molecule has 9 heteroatoms. The molecule has 26 heavy (non-hydrogen) atoms. The zero-order valence-corrected chi connectivity index (χ0v) is 14.8. The van der Waals surface area contributed by atoms with Gasteiger partial charge < -0.3 is 15.1 Å². The van der Waals surface area contributed by atoms with Crippen LogP contribution in [-0.4, -0.2) is 58.7 Å². The van der Waals surface area contributed by atoms with Crippen LogP contribution in [0.1, 0.15) is 11.6 Å². The molecular weight excluding hydrogens is 336 g/mol. The number of piperazine rings is 1. The molecule has 0 spiro atoms. The maximum atomic E-state index is 12.9. The van der Waals surface area contributed by atoms with Crippen LogP contribution in [0.15, 0.2) is 36.7 Å². The fourth-order valence-corrected chi connectivity index (χ4v) is 3.26. The number of aromatic nitrogens is 2. The minimum Gasteiger partial charge on any atom is -0.362 e. The van der Waals surface area contributed by atoms with Gasteiger partial charge in [-0.1, -0.05) is 12.1 Å². The highest BCUT2D eigenvalue weighted by Gasteiger charge is 2.30. The molecule has 9 nitrogen and oxygen atoms in total. The first kappa shape index (κ1) is 17.9. The fourth-order valence-electron chi connectivity index (χ4n) is 3.26. The van der Waals surface area contributed by atoms with Crippen molar-refractivity contribution in [3.8, 4) is 0 Å². The molecule has 1 atom stereocenters. The molecule has 1 aliphatic rings. The van der Waals surface area contributed by atoms with E-state index in [1.165, 1.54) is 6.07 Å². The van der Waals surface area contributed by atoms with Crippen molar-refractivity contribution >= 4 is 17.3 Å². The van der Waals surface area contributed by atoms with E-state index in [9.17, 15) is 14.9 Å². The number of benzene rings is 1. The Morgan fingerprint density at radius 2 is 1.96 bits per heavy atom. The first-order valence-corrected chi connectivity index (χ1v) is 8.44. The van der Waals surface area contributed by atoms with Gasteiger partial charge in [-0.15, -0.1) is 0 Å². The van der Waals surface area contributed by atoms with Crippen LogP contribution in [0.3, 0.4) is 0 Å². The van der Waals surface area contributed by atoms with E-state index < -0.39 is 6.04 Å². The lowest BCUT2D eigenvalue weighted by Gasteiger charge is -2.37. The molecule has 2 heterocycles. The highest BCUT2D eigenvalue weighted by molar-refractivity contribution is 5.83. The van der Waals surface area contributed by atoms with Crippen molar-refractivity contribution in [1.82, 2.24) is 20.0 Å². The Morgan fingerprint density at radius 3 is 2.54 bits per heavy atom. The van der Waals surface area contributed by atoms with Gasteiger partial charge in [0.05, 0.1) is 11.1 Å².